The molecule has 0 atom stereocenters. The van der Waals surface area contributed by atoms with Crippen LogP contribution in [0.15, 0.2) is 18.5 Å². The lowest BCUT2D eigenvalue weighted by Gasteiger charge is -2.26. The molecular weight excluding hydrogens is 216 g/mol. The Morgan fingerprint density at radius 3 is 2.76 bits per heavy atom. The SMILES string of the molecule is Cc1cnccc1C(=O)NC1CCC(O)CC1. The van der Waals surface area contributed by atoms with E-state index >= 15 is 0 Å². The third kappa shape index (κ3) is 3.03. The van der Waals surface area contributed by atoms with Gasteiger partial charge in [-0.15, -0.1) is 0 Å². The summed E-state index contributed by atoms with van der Waals surface area (Å²) < 4.78 is 0. The second-order valence-corrected chi connectivity index (χ2v) is 4.67. The van der Waals surface area contributed by atoms with Gasteiger partial charge in [0, 0.05) is 24.0 Å². The van der Waals surface area contributed by atoms with Crippen LogP contribution in [0.3, 0.4) is 0 Å². The number of carbonyl (C=O) groups is 1. The average molecular weight is 234 g/mol. The highest BCUT2D eigenvalue weighted by Crippen LogP contribution is 2.19. The number of nitrogens with zero attached hydrogens (tertiary/aromatic N) is 1. The zero-order chi connectivity index (χ0) is 12.3. The van der Waals surface area contributed by atoms with Crippen LogP contribution in [0.5, 0.6) is 0 Å². The van der Waals surface area contributed by atoms with Gasteiger partial charge in [-0.3, -0.25) is 9.78 Å². The second-order valence-electron chi connectivity index (χ2n) is 4.67. The van der Waals surface area contributed by atoms with Crippen LogP contribution < -0.4 is 5.32 Å². The van der Waals surface area contributed by atoms with E-state index in [9.17, 15) is 9.90 Å². The minimum absolute atomic E-state index is 0.0358. The van der Waals surface area contributed by atoms with Crippen LogP contribution in [0.1, 0.15) is 41.6 Å². The van der Waals surface area contributed by atoms with Crippen molar-refractivity contribution in [1.82, 2.24) is 10.3 Å². The fraction of sp³-hybridized carbons (Fsp3) is 0.538. The highest BCUT2D eigenvalue weighted by Gasteiger charge is 2.21. The van der Waals surface area contributed by atoms with Crippen LogP contribution >= 0.6 is 0 Å². The maximum Gasteiger partial charge on any atom is 0.251 e. The molecule has 0 aromatic carbocycles. The second kappa shape index (κ2) is 5.27. The molecule has 0 unspecified atom stereocenters. The fourth-order valence-corrected chi connectivity index (χ4v) is 2.21. The molecule has 2 rings (SSSR count). The van der Waals surface area contributed by atoms with Gasteiger partial charge >= 0.3 is 0 Å². The molecule has 0 radical (unpaired) electrons. The number of aliphatic hydroxyl groups excluding tert-OH is 1. The number of pyridine rings is 1. The van der Waals surface area contributed by atoms with E-state index in [0.29, 0.717) is 5.56 Å². The molecule has 0 spiro atoms. The van der Waals surface area contributed by atoms with Crippen molar-refractivity contribution in [1.29, 1.82) is 0 Å². The molecule has 1 aliphatic rings. The van der Waals surface area contributed by atoms with E-state index in [1.54, 1.807) is 18.5 Å². The van der Waals surface area contributed by atoms with Crippen molar-refractivity contribution in [3.8, 4) is 0 Å². The zero-order valence-electron chi connectivity index (χ0n) is 10.0. The highest BCUT2D eigenvalue weighted by molar-refractivity contribution is 5.95. The number of aromatic nitrogens is 1. The highest BCUT2D eigenvalue weighted by atomic mass is 16.3. The van der Waals surface area contributed by atoms with Crippen LogP contribution in [-0.2, 0) is 0 Å². The van der Waals surface area contributed by atoms with Crippen LogP contribution in [0, 0.1) is 6.92 Å². The topological polar surface area (TPSA) is 62.2 Å². The number of hydrogen-bond donors (Lipinski definition) is 2. The summed E-state index contributed by atoms with van der Waals surface area (Å²) in [6, 6.07) is 1.93. The maximum atomic E-state index is 12.0. The summed E-state index contributed by atoms with van der Waals surface area (Å²) in [5.74, 6) is -0.0358. The molecule has 2 N–H and O–H groups in total. The van der Waals surface area contributed by atoms with Gasteiger partial charge in [-0.25, -0.2) is 0 Å². The summed E-state index contributed by atoms with van der Waals surface area (Å²) in [5, 5.41) is 12.4. The third-order valence-corrected chi connectivity index (χ3v) is 3.30. The minimum Gasteiger partial charge on any atom is -0.393 e. The minimum atomic E-state index is -0.189. The summed E-state index contributed by atoms with van der Waals surface area (Å²) in [6.45, 7) is 1.88. The van der Waals surface area contributed by atoms with E-state index in [-0.39, 0.29) is 18.1 Å². The molecule has 1 saturated carbocycles. The first-order valence-corrected chi connectivity index (χ1v) is 6.06. The quantitative estimate of drug-likeness (QED) is 0.813. The van der Waals surface area contributed by atoms with Crippen molar-refractivity contribution in [2.24, 2.45) is 0 Å². The number of carbonyl (C=O) groups excluding carboxylic acids is 1. The Morgan fingerprint density at radius 1 is 1.41 bits per heavy atom. The Labute approximate surface area is 101 Å². The lowest BCUT2D eigenvalue weighted by atomic mass is 9.93. The summed E-state index contributed by atoms with van der Waals surface area (Å²) in [5.41, 5.74) is 1.58. The molecule has 1 heterocycles. The smallest absolute Gasteiger partial charge is 0.251 e. The van der Waals surface area contributed by atoms with E-state index in [4.69, 9.17) is 0 Å². The first kappa shape index (κ1) is 12.0. The number of aryl methyl sites for hydroxylation is 1. The number of amides is 1. The lowest BCUT2D eigenvalue weighted by Crippen LogP contribution is -2.38. The molecule has 92 valence electrons. The molecule has 4 nitrogen and oxygen atoms in total. The molecule has 17 heavy (non-hydrogen) atoms. The summed E-state index contributed by atoms with van der Waals surface area (Å²) >= 11 is 0. The van der Waals surface area contributed by atoms with Gasteiger partial charge in [-0.2, -0.15) is 0 Å². The van der Waals surface area contributed by atoms with Crippen LogP contribution in [-0.4, -0.2) is 28.1 Å². The van der Waals surface area contributed by atoms with Gasteiger partial charge in [0.25, 0.3) is 5.91 Å². The van der Waals surface area contributed by atoms with Gasteiger partial charge in [0.15, 0.2) is 0 Å². The number of aliphatic hydroxyl groups is 1. The number of nitrogens with one attached hydrogen (secondary N) is 1. The predicted octanol–water partition coefficient (Wildman–Crippen LogP) is 1.42. The van der Waals surface area contributed by atoms with Crippen molar-refractivity contribution in [2.75, 3.05) is 0 Å². The van der Waals surface area contributed by atoms with Crippen LogP contribution in [0.2, 0.25) is 0 Å². The maximum absolute atomic E-state index is 12.0. The van der Waals surface area contributed by atoms with Crippen LogP contribution in [0.4, 0.5) is 0 Å². The Morgan fingerprint density at radius 2 is 2.12 bits per heavy atom. The van der Waals surface area contributed by atoms with E-state index in [0.717, 1.165) is 31.2 Å². The predicted molar refractivity (Wildman–Crippen MR) is 64.7 cm³/mol. The average Bonchev–Trinajstić information content (AvgIpc) is 2.32. The van der Waals surface area contributed by atoms with E-state index in [1.165, 1.54) is 0 Å². The summed E-state index contributed by atoms with van der Waals surface area (Å²) in [6.07, 6.45) is 6.41. The molecule has 1 fully saturated rings. The molecule has 4 heteroatoms. The molecule has 1 amide bonds. The Kier molecular flexibility index (Phi) is 3.74. The first-order chi connectivity index (χ1) is 8.16. The molecule has 1 aromatic heterocycles. The van der Waals surface area contributed by atoms with Crippen LogP contribution in [0.25, 0.3) is 0 Å². The summed E-state index contributed by atoms with van der Waals surface area (Å²) in [4.78, 5) is 16.0. The first-order valence-electron chi connectivity index (χ1n) is 6.06. The van der Waals surface area contributed by atoms with Crippen molar-refractivity contribution in [3.63, 3.8) is 0 Å². The van der Waals surface area contributed by atoms with Gasteiger partial charge in [0.1, 0.15) is 0 Å². The Bertz CT molecular complexity index is 398. The van der Waals surface area contributed by atoms with Gasteiger partial charge in [0.05, 0.1) is 6.10 Å². The number of rotatable bonds is 2. The normalized spacial score (nSPS) is 24.4. The Balaban J connectivity index is 1.96. The molecule has 1 aliphatic carbocycles. The van der Waals surface area contributed by atoms with Crippen molar-refractivity contribution < 1.29 is 9.90 Å². The molecule has 0 bridgehead atoms. The van der Waals surface area contributed by atoms with Crippen molar-refractivity contribution >= 4 is 5.91 Å². The molecule has 1 aromatic rings. The monoisotopic (exact) mass is 234 g/mol. The molecule has 0 saturated heterocycles. The fourth-order valence-electron chi connectivity index (χ4n) is 2.21. The molecular formula is C13H18N2O2. The van der Waals surface area contributed by atoms with Gasteiger partial charge in [-0.1, -0.05) is 0 Å². The van der Waals surface area contributed by atoms with Crippen molar-refractivity contribution in [3.05, 3.63) is 29.6 Å². The van der Waals surface area contributed by atoms with Gasteiger partial charge in [-0.05, 0) is 44.2 Å². The van der Waals surface area contributed by atoms with E-state index in [2.05, 4.69) is 10.3 Å². The molecule has 0 aliphatic heterocycles. The van der Waals surface area contributed by atoms with Gasteiger partial charge in [0.2, 0.25) is 0 Å². The zero-order valence-corrected chi connectivity index (χ0v) is 10.0. The Hall–Kier alpha value is -1.42. The largest absolute Gasteiger partial charge is 0.393 e. The van der Waals surface area contributed by atoms with Gasteiger partial charge < -0.3 is 10.4 Å². The third-order valence-electron chi connectivity index (χ3n) is 3.30. The lowest BCUT2D eigenvalue weighted by molar-refractivity contribution is 0.0867. The van der Waals surface area contributed by atoms with E-state index < -0.39 is 0 Å². The van der Waals surface area contributed by atoms with Crippen molar-refractivity contribution in [2.45, 2.75) is 44.8 Å². The van der Waals surface area contributed by atoms with E-state index in [1.807, 2.05) is 6.92 Å². The summed E-state index contributed by atoms with van der Waals surface area (Å²) in [7, 11) is 0. The number of hydrogen-bond acceptors (Lipinski definition) is 3. The standard InChI is InChI=1S/C13H18N2O2/c1-9-8-14-7-6-12(9)13(17)15-10-2-4-11(16)5-3-10/h6-8,10-11,16H,2-5H2,1H3,(H,15,17).